The molecule has 224 valence electrons. The van der Waals surface area contributed by atoms with E-state index in [0.717, 1.165) is 16.8 Å². The zero-order valence-electron chi connectivity index (χ0n) is 26.3. The number of aromatic nitrogens is 4. The van der Waals surface area contributed by atoms with Crippen molar-refractivity contribution in [1.82, 2.24) is 19.5 Å². The summed E-state index contributed by atoms with van der Waals surface area (Å²) in [7, 11) is 0. The van der Waals surface area contributed by atoms with Gasteiger partial charge in [-0.05, 0) is 52.6 Å². The van der Waals surface area contributed by atoms with Crippen LogP contribution in [0.4, 0.5) is 0 Å². The lowest BCUT2D eigenvalue weighted by atomic mass is 9.82. The van der Waals surface area contributed by atoms with Gasteiger partial charge in [0.1, 0.15) is 5.82 Å². The number of rotatable bonds is 4. The third-order valence-electron chi connectivity index (χ3n) is 9.70. The third-order valence-corrected chi connectivity index (χ3v) is 9.70. The Balaban J connectivity index is 1.25. The summed E-state index contributed by atoms with van der Waals surface area (Å²) >= 11 is 0. The number of fused-ring (bicyclic) bond motifs is 6. The van der Waals surface area contributed by atoms with Gasteiger partial charge in [0.05, 0.1) is 17.0 Å². The number of hydrogen-bond donors (Lipinski definition) is 0. The Bertz CT molecular complexity index is 2370. The highest BCUT2D eigenvalue weighted by molar-refractivity contribution is 6.12. The van der Waals surface area contributed by atoms with E-state index in [-0.39, 0.29) is 11.3 Å². The SMILES string of the molecule is CC1(C)c2ccccc2-c2cc3c4ccccc4n(C4=CC(c5nc(-c6ccccc6)nc(-c6ccccc6)n5)C=CC=C4)c3cc21. The first-order valence-corrected chi connectivity index (χ1v) is 16.2. The standard InChI is InChI=1S/C43H32N4/c1-43(2)36-23-13-11-21-32(36)34-26-35-33-22-12-14-24-38(33)47(39(35)27-37(34)43)31-20-10-9-19-30(25-31)42-45-40(28-15-5-3-6-16-28)44-41(46-42)29-17-7-4-8-18-29/h3-27,30H,1-2H3. The fourth-order valence-corrected chi connectivity index (χ4v) is 7.36. The minimum atomic E-state index is -0.167. The molecule has 0 saturated carbocycles. The Morgan fingerprint density at radius 1 is 0.574 bits per heavy atom. The molecule has 4 nitrogen and oxygen atoms in total. The molecule has 9 rings (SSSR count). The first kappa shape index (κ1) is 27.4. The van der Waals surface area contributed by atoms with Crippen LogP contribution in [0.15, 0.2) is 152 Å². The molecule has 1 atom stereocenters. The first-order chi connectivity index (χ1) is 23.1. The van der Waals surface area contributed by atoms with Crippen LogP contribution in [0.3, 0.4) is 0 Å². The lowest BCUT2D eigenvalue weighted by Gasteiger charge is -2.22. The van der Waals surface area contributed by atoms with Crippen LogP contribution >= 0.6 is 0 Å². The number of hydrogen-bond acceptors (Lipinski definition) is 3. The molecule has 1 unspecified atom stereocenters. The van der Waals surface area contributed by atoms with Crippen molar-refractivity contribution < 1.29 is 0 Å². The molecule has 0 spiro atoms. The van der Waals surface area contributed by atoms with E-state index in [1.165, 1.54) is 44.1 Å². The molecule has 7 aromatic rings. The average molecular weight is 605 g/mol. The van der Waals surface area contributed by atoms with Gasteiger partial charge in [0.2, 0.25) is 0 Å². The average Bonchev–Trinajstić information content (AvgIpc) is 3.41. The second-order valence-electron chi connectivity index (χ2n) is 12.9. The number of allylic oxidation sites excluding steroid dienone is 6. The van der Waals surface area contributed by atoms with Gasteiger partial charge < -0.3 is 4.57 Å². The highest BCUT2D eigenvalue weighted by Crippen LogP contribution is 2.51. The van der Waals surface area contributed by atoms with Crippen molar-refractivity contribution in [2.45, 2.75) is 25.2 Å². The van der Waals surface area contributed by atoms with Gasteiger partial charge in [-0.2, -0.15) is 0 Å². The molecule has 0 saturated heterocycles. The molecule has 2 heterocycles. The molecule has 4 heteroatoms. The third kappa shape index (κ3) is 4.40. The molecule has 0 N–H and O–H groups in total. The Hall–Kier alpha value is -5.87. The molecule has 0 fully saturated rings. The van der Waals surface area contributed by atoms with Gasteiger partial charge >= 0.3 is 0 Å². The summed E-state index contributed by atoms with van der Waals surface area (Å²) in [6.07, 6.45) is 10.9. The van der Waals surface area contributed by atoms with Gasteiger partial charge in [-0.15, -0.1) is 0 Å². The second kappa shape index (κ2) is 10.6. The van der Waals surface area contributed by atoms with Crippen molar-refractivity contribution >= 4 is 27.5 Å². The normalized spacial score (nSPS) is 16.2. The van der Waals surface area contributed by atoms with E-state index < -0.39 is 0 Å². The second-order valence-corrected chi connectivity index (χ2v) is 12.9. The van der Waals surface area contributed by atoms with E-state index in [1.54, 1.807) is 0 Å². The van der Waals surface area contributed by atoms with Crippen LogP contribution in [0.5, 0.6) is 0 Å². The van der Waals surface area contributed by atoms with Crippen LogP contribution in [0, 0.1) is 0 Å². The van der Waals surface area contributed by atoms with E-state index >= 15 is 0 Å². The lowest BCUT2D eigenvalue weighted by molar-refractivity contribution is 0.661. The maximum absolute atomic E-state index is 5.07. The van der Waals surface area contributed by atoms with Crippen molar-refractivity contribution in [3.63, 3.8) is 0 Å². The van der Waals surface area contributed by atoms with E-state index in [2.05, 4.69) is 134 Å². The smallest absolute Gasteiger partial charge is 0.163 e. The minimum Gasteiger partial charge on any atom is -0.310 e. The van der Waals surface area contributed by atoms with Crippen molar-refractivity contribution in [3.05, 3.63) is 169 Å². The van der Waals surface area contributed by atoms with Crippen molar-refractivity contribution in [3.8, 4) is 33.9 Å². The highest BCUT2D eigenvalue weighted by Gasteiger charge is 2.36. The van der Waals surface area contributed by atoms with Crippen molar-refractivity contribution in [2.75, 3.05) is 0 Å². The van der Waals surface area contributed by atoms with Gasteiger partial charge in [-0.25, -0.2) is 15.0 Å². The molecule has 0 amide bonds. The van der Waals surface area contributed by atoms with Crippen LogP contribution < -0.4 is 0 Å². The fourth-order valence-electron chi connectivity index (χ4n) is 7.36. The van der Waals surface area contributed by atoms with Crippen LogP contribution in [0.25, 0.3) is 61.4 Å². The van der Waals surface area contributed by atoms with Crippen LogP contribution in [0.1, 0.15) is 36.7 Å². The zero-order valence-corrected chi connectivity index (χ0v) is 26.3. The molecule has 2 aliphatic carbocycles. The van der Waals surface area contributed by atoms with E-state index in [4.69, 9.17) is 15.0 Å². The predicted molar refractivity (Wildman–Crippen MR) is 193 cm³/mol. The molecule has 0 bridgehead atoms. The Morgan fingerprint density at radius 2 is 1.23 bits per heavy atom. The minimum absolute atomic E-state index is 0.0915. The quantitative estimate of drug-likeness (QED) is 0.201. The first-order valence-electron chi connectivity index (χ1n) is 16.2. The lowest BCUT2D eigenvalue weighted by Crippen LogP contribution is -2.15. The van der Waals surface area contributed by atoms with Gasteiger partial charge in [0.15, 0.2) is 11.6 Å². The monoisotopic (exact) mass is 604 g/mol. The Kier molecular flexibility index (Phi) is 6.19. The number of nitrogens with zero attached hydrogens (tertiary/aromatic N) is 4. The molecule has 2 aromatic heterocycles. The Labute approximate surface area is 274 Å². The maximum atomic E-state index is 5.07. The van der Waals surface area contributed by atoms with Crippen LogP contribution in [-0.2, 0) is 5.41 Å². The zero-order chi connectivity index (χ0) is 31.5. The summed E-state index contributed by atoms with van der Waals surface area (Å²) in [5, 5.41) is 2.50. The summed E-state index contributed by atoms with van der Waals surface area (Å²) in [6, 6.07) is 42.8. The van der Waals surface area contributed by atoms with E-state index in [9.17, 15) is 0 Å². The summed E-state index contributed by atoms with van der Waals surface area (Å²) in [5.74, 6) is 1.89. The summed E-state index contributed by atoms with van der Waals surface area (Å²) in [6.45, 7) is 4.69. The molecule has 0 aliphatic heterocycles. The summed E-state index contributed by atoms with van der Waals surface area (Å²) in [4.78, 5) is 15.1. The molecule has 2 aliphatic rings. The molecule has 47 heavy (non-hydrogen) atoms. The van der Waals surface area contributed by atoms with Gasteiger partial charge in [0, 0.05) is 33.0 Å². The predicted octanol–water partition coefficient (Wildman–Crippen LogP) is 10.4. The molecule has 5 aromatic carbocycles. The number of para-hydroxylation sites is 1. The van der Waals surface area contributed by atoms with E-state index in [1.807, 2.05) is 36.4 Å². The van der Waals surface area contributed by atoms with E-state index in [0.29, 0.717) is 17.5 Å². The summed E-state index contributed by atoms with van der Waals surface area (Å²) < 4.78 is 2.41. The van der Waals surface area contributed by atoms with Crippen LogP contribution in [0.2, 0.25) is 0 Å². The molecular weight excluding hydrogens is 573 g/mol. The highest BCUT2D eigenvalue weighted by atomic mass is 15.0. The largest absolute Gasteiger partial charge is 0.310 e. The topological polar surface area (TPSA) is 43.6 Å². The summed E-state index contributed by atoms with van der Waals surface area (Å²) in [5.41, 5.74) is 10.7. The Morgan fingerprint density at radius 3 is 1.98 bits per heavy atom. The van der Waals surface area contributed by atoms with Gasteiger partial charge in [-0.3, -0.25) is 0 Å². The number of benzene rings is 5. The van der Waals surface area contributed by atoms with Crippen molar-refractivity contribution in [1.29, 1.82) is 0 Å². The fraction of sp³-hybridized carbons (Fsp3) is 0.0930. The molecular formula is C43H32N4. The van der Waals surface area contributed by atoms with Gasteiger partial charge in [-0.1, -0.05) is 135 Å². The molecule has 0 radical (unpaired) electrons. The van der Waals surface area contributed by atoms with Crippen molar-refractivity contribution in [2.24, 2.45) is 0 Å². The van der Waals surface area contributed by atoms with Gasteiger partial charge in [0.25, 0.3) is 0 Å². The maximum Gasteiger partial charge on any atom is 0.163 e. The van der Waals surface area contributed by atoms with Crippen LogP contribution in [-0.4, -0.2) is 19.5 Å².